The molecule has 0 unspecified atom stereocenters. The fraction of sp³-hybridized carbons (Fsp3) is 0.333. The normalized spacial score (nSPS) is 11.2. The van der Waals surface area contributed by atoms with Gasteiger partial charge in [-0.15, -0.1) is 11.8 Å². The van der Waals surface area contributed by atoms with Crippen molar-refractivity contribution < 1.29 is 0 Å². The average Bonchev–Trinajstić information content (AvgIpc) is 2.54. The standard InChI is InChI=1S/C24H30Si2/c1-25(2,3)19-7-9-21-11-15-23(16-12-21)24-17-13-22(14-18-24)10-8-20-26(4,5)6/h11-18H,19-20H2,1-6H3. The van der Waals surface area contributed by atoms with E-state index in [2.05, 4.69) is 111 Å². The van der Waals surface area contributed by atoms with E-state index >= 15 is 0 Å². The summed E-state index contributed by atoms with van der Waals surface area (Å²) < 4.78 is 0. The molecule has 0 radical (unpaired) electrons. The molecule has 2 aromatic rings. The molecule has 0 aliphatic rings. The highest BCUT2D eigenvalue weighted by Crippen LogP contribution is 2.20. The Morgan fingerprint density at radius 3 is 1.12 bits per heavy atom. The van der Waals surface area contributed by atoms with Crippen molar-refractivity contribution in [2.45, 2.75) is 51.4 Å². The van der Waals surface area contributed by atoms with Gasteiger partial charge in [-0.1, -0.05) is 75.4 Å². The first-order valence-electron chi connectivity index (χ1n) is 9.31. The first kappa shape index (κ1) is 20.3. The van der Waals surface area contributed by atoms with Crippen molar-refractivity contribution in [1.29, 1.82) is 0 Å². The van der Waals surface area contributed by atoms with Crippen LogP contribution in [0.4, 0.5) is 0 Å². The molecule has 134 valence electrons. The topological polar surface area (TPSA) is 0 Å². The average molecular weight is 375 g/mol. The van der Waals surface area contributed by atoms with Crippen LogP contribution in [-0.2, 0) is 0 Å². The monoisotopic (exact) mass is 374 g/mol. The van der Waals surface area contributed by atoms with Crippen LogP contribution in [0.2, 0.25) is 51.4 Å². The molecule has 0 saturated heterocycles. The Bertz CT molecular complexity index is 762. The first-order valence-corrected chi connectivity index (χ1v) is 16.7. The summed E-state index contributed by atoms with van der Waals surface area (Å²) in [4.78, 5) is 0. The molecule has 0 amide bonds. The van der Waals surface area contributed by atoms with Crippen LogP contribution in [-0.4, -0.2) is 16.1 Å². The Labute approximate surface area is 162 Å². The zero-order valence-electron chi connectivity index (χ0n) is 17.0. The number of rotatable bonds is 3. The summed E-state index contributed by atoms with van der Waals surface area (Å²) in [6.07, 6.45) is 0. The number of benzene rings is 2. The largest absolute Gasteiger partial charge is 0.101 e. The van der Waals surface area contributed by atoms with Crippen LogP contribution < -0.4 is 0 Å². The highest BCUT2D eigenvalue weighted by Gasteiger charge is 2.10. The Balaban J connectivity index is 2.05. The van der Waals surface area contributed by atoms with E-state index in [4.69, 9.17) is 0 Å². The highest BCUT2D eigenvalue weighted by atomic mass is 28.3. The van der Waals surface area contributed by atoms with Gasteiger partial charge in [-0.3, -0.25) is 0 Å². The molecule has 0 aliphatic heterocycles. The van der Waals surface area contributed by atoms with Gasteiger partial charge >= 0.3 is 0 Å². The van der Waals surface area contributed by atoms with Crippen molar-refractivity contribution >= 4 is 16.1 Å². The molecule has 0 nitrogen and oxygen atoms in total. The quantitative estimate of drug-likeness (QED) is 0.412. The molecule has 0 aromatic heterocycles. The summed E-state index contributed by atoms with van der Waals surface area (Å²) in [5.41, 5.74) is 4.64. The van der Waals surface area contributed by atoms with Crippen molar-refractivity contribution in [3.05, 3.63) is 59.7 Å². The van der Waals surface area contributed by atoms with Crippen LogP contribution in [0.25, 0.3) is 11.1 Å². The second-order valence-corrected chi connectivity index (χ2v) is 20.2. The van der Waals surface area contributed by atoms with E-state index in [1.54, 1.807) is 0 Å². The molecule has 2 rings (SSSR count). The zero-order chi connectivity index (χ0) is 19.2. The second-order valence-electron chi connectivity index (χ2n) is 9.23. The Hall–Kier alpha value is -2.01. The van der Waals surface area contributed by atoms with Gasteiger partial charge in [0.2, 0.25) is 0 Å². The van der Waals surface area contributed by atoms with Crippen LogP contribution in [0.15, 0.2) is 48.5 Å². The van der Waals surface area contributed by atoms with Crippen LogP contribution in [0.5, 0.6) is 0 Å². The van der Waals surface area contributed by atoms with Crippen LogP contribution >= 0.6 is 0 Å². The van der Waals surface area contributed by atoms with Gasteiger partial charge < -0.3 is 0 Å². The molecule has 0 saturated carbocycles. The summed E-state index contributed by atoms with van der Waals surface area (Å²) in [7, 11) is -2.17. The van der Waals surface area contributed by atoms with E-state index in [0.717, 1.165) is 23.2 Å². The van der Waals surface area contributed by atoms with E-state index in [0.29, 0.717) is 0 Å². The summed E-state index contributed by atoms with van der Waals surface area (Å²) in [6, 6.07) is 19.2. The first-order chi connectivity index (χ1) is 12.1. The number of hydrogen-bond acceptors (Lipinski definition) is 0. The lowest BCUT2D eigenvalue weighted by atomic mass is 10.0. The van der Waals surface area contributed by atoms with Gasteiger partial charge in [0.1, 0.15) is 0 Å². The maximum Gasteiger partial charge on any atom is 0.0573 e. The molecule has 0 atom stereocenters. The fourth-order valence-corrected chi connectivity index (χ4v) is 3.55. The van der Waals surface area contributed by atoms with Gasteiger partial charge in [0.15, 0.2) is 0 Å². The third-order valence-corrected chi connectivity index (χ3v) is 6.28. The maximum atomic E-state index is 3.34. The molecule has 26 heavy (non-hydrogen) atoms. The lowest BCUT2D eigenvalue weighted by Gasteiger charge is -2.09. The third kappa shape index (κ3) is 7.48. The van der Waals surface area contributed by atoms with Crippen LogP contribution in [0.1, 0.15) is 11.1 Å². The van der Waals surface area contributed by atoms with Crippen LogP contribution in [0.3, 0.4) is 0 Å². The smallest absolute Gasteiger partial charge is 0.0573 e. The minimum Gasteiger partial charge on any atom is -0.101 e. The molecule has 0 aliphatic carbocycles. The van der Waals surface area contributed by atoms with Crippen molar-refractivity contribution in [2.75, 3.05) is 0 Å². The van der Waals surface area contributed by atoms with Crippen molar-refractivity contribution in [3.8, 4) is 34.8 Å². The van der Waals surface area contributed by atoms with E-state index in [1.165, 1.54) is 11.1 Å². The molecule has 2 aromatic carbocycles. The lowest BCUT2D eigenvalue weighted by molar-refractivity contribution is 1.54. The minimum atomic E-state index is -1.08. The fourth-order valence-electron chi connectivity index (χ4n) is 2.31. The van der Waals surface area contributed by atoms with Gasteiger partial charge in [-0.2, -0.15) is 0 Å². The Morgan fingerprint density at radius 2 is 0.846 bits per heavy atom. The molecular formula is C24H30Si2. The van der Waals surface area contributed by atoms with E-state index < -0.39 is 16.1 Å². The third-order valence-electron chi connectivity index (χ3n) is 3.81. The Morgan fingerprint density at radius 1 is 0.538 bits per heavy atom. The predicted molar refractivity (Wildman–Crippen MR) is 122 cm³/mol. The summed E-state index contributed by atoms with van der Waals surface area (Å²) in [5.74, 6) is 13.3. The van der Waals surface area contributed by atoms with Gasteiger partial charge in [0.25, 0.3) is 0 Å². The van der Waals surface area contributed by atoms with Gasteiger partial charge in [0, 0.05) is 23.2 Å². The molecule has 0 fully saturated rings. The minimum absolute atomic E-state index is 1.05. The maximum absolute atomic E-state index is 3.34. The van der Waals surface area contributed by atoms with Crippen LogP contribution in [0, 0.1) is 23.7 Å². The zero-order valence-corrected chi connectivity index (χ0v) is 19.0. The second kappa shape index (κ2) is 8.59. The highest BCUT2D eigenvalue weighted by molar-refractivity contribution is 6.77. The molecular weight excluding hydrogens is 344 g/mol. The van der Waals surface area contributed by atoms with E-state index in [-0.39, 0.29) is 0 Å². The SMILES string of the molecule is C[Si](C)(C)CC#Cc1ccc(-c2ccc(C#CC[Si](C)(C)C)cc2)cc1. The molecule has 0 bridgehead atoms. The lowest BCUT2D eigenvalue weighted by Crippen LogP contribution is -2.17. The van der Waals surface area contributed by atoms with Gasteiger partial charge in [0.05, 0.1) is 16.1 Å². The van der Waals surface area contributed by atoms with Gasteiger partial charge in [-0.25, -0.2) is 0 Å². The molecule has 0 N–H and O–H groups in total. The molecule has 0 heterocycles. The summed E-state index contributed by atoms with van der Waals surface area (Å²) in [5, 5.41) is 0. The molecule has 0 spiro atoms. The van der Waals surface area contributed by atoms with E-state index in [1.807, 2.05) is 0 Å². The predicted octanol–water partition coefficient (Wildman–Crippen LogP) is 6.73. The Kier molecular flexibility index (Phi) is 6.71. The van der Waals surface area contributed by atoms with Crippen molar-refractivity contribution in [2.24, 2.45) is 0 Å². The van der Waals surface area contributed by atoms with Crippen molar-refractivity contribution in [3.63, 3.8) is 0 Å². The summed E-state index contributed by atoms with van der Waals surface area (Å²) in [6.45, 7) is 14.1. The summed E-state index contributed by atoms with van der Waals surface area (Å²) >= 11 is 0. The van der Waals surface area contributed by atoms with Gasteiger partial charge in [-0.05, 0) is 35.4 Å². The molecule has 2 heteroatoms. The van der Waals surface area contributed by atoms with E-state index in [9.17, 15) is 0 Å². The number of hydrogen-bond donors (Lipinski definition) is 0. The van der Waals surface area contributed by atoms with Crippen molar-refractivity contribution in [1.82, 2.24) is 0 Å².